The van der Waals surface area contributed by atoms with Gasteiger partial charge in [0.05, 0.1) is 0 Å². The number of aliphatic hydroxyl groups excluding tert-OH is 2. The number of carbonyl (C=O) groups excluding carboxylic acids is 1. The molecule has 0 radical (unpaired) electrons. The highest BCUT2D eigenvalue weighted by atomic mass is 16.6. The molecule has 0 saturated carbocycles. The molecule has 0 saturated heterocycles. The average Bonchev–Trinajstić information content (AvgIpc) is 1.94. The quantitative estimate of drug-likeness (QED) is 0.403. The predicted molar refractivity (Wildman–Crippen MR) is 39.3 cm³/mol. The third-order valence-corrected chi connectivity index (χ3v) is 0.341. The summed E-state index contributed by atoms with van der Waals surface area (Å²) in [4.78, 5) is 8.68. The van der Waals surface area contributed by atoms with Gasteiger partial charge in [0.15, 0.2) is 6.29 Å². The van der Waals surface area contributed by atoms with Crippen molar-refractivity contribution >= 4 is 6.29 Å². The van der Waals surface area contributed by atoms with Crippen molar-refractivity contribution in [2.45, 2.75) is 20.1 Å². The Morgan fingerprint density at radius 2 is 1.70 bits per heavy atom. The largest absolute Gasteiger partial charge is 1.00 e. The molecule has 0 aromatic heterocycles. The summed E-state index contributed by atoms with van der Waals surface area (Å²) in [6, 6.07) is 0. The van der Waals surface area contributed by atoms with E-state index in [0.29, 0.717) is 0 Å². The second-order valence-electron chi connectivity index (χ2n) is 1.04. The van der Waals surface area contributed by atoms with Gasteiger partial charge < -0.3 is 14.9 Å². The maximum Gasteiger partial charge on any atom is 1.00 e. The van der Waals surface area contributed by atoms with E-state index in [9.17, 15) is 0 Å². The summed E-state index contributed by atoms with van der Waals surface area (Å²) in [7, 11) is 2.45. The average molecular weight is 152 g/mol. The van der Waals surface area contributed by atoms with Crippen LogP contribution >= 0.6 is 0 Å². The van der Waals surface area contributed by atoms with Crippen LogP contribution < -0.4 is 0 Å². The van der Waals surface area contributed by atoms with E-state index in [4.69, 9.17) is 15.0 Å². The first-order valence-corrected chi connectivity index (χ1v) is 2.63. The second kappa shape index (κ2) is 23.7. The van der Waals surface area contributed by atoms with Crippen molar-refractivity contribution in [3.05, 3.63) is 0 Å². The Hall–Kier alpha value is -0.540. The lowest BCUT2D eigenvalue weighted by Crippen LogP contribution is -1.99. The van der Waals surface area contributed by atoms with Crippen molar-refractivity contribution in [1.82, 2.24) is 0 Å². The molecular weight excluding hydrogens is 136 g/mol. The van der Waals surface area contributed by atoms with Gasteiger partial charge in [0.25, 0.3) is 0 Å². The summed E-state index contributed by atoms with van der Waals surface area (Å²) in [5, 5.41) is 15.1. The molecule has 0 aromatic rings. The van der Waals surface area contributed by atoms with Crippen LogP contribution in [0.25, 0.3) is 0 Å². The molecule has 4 heteroatoms. The Balaban J connectivity index is -0.0000000360. The van der Waals surface area contributed by atoms with E-state index < -0.39 is 6.29 Å². The van der Waals surface area contributed by atoms with E-state index >= 15 is 0 Å². The van der Waals surface area contributed by atoms with Crippen LogP contribution in [-0.2, 0) is 9.53 Å². The highest BCUT2D eigenvalue weighted by Crippen LogP contribution is 1.72. The van der Waals surface area contributed by atoms with E-state index in [2.05, 4.69) is 4.74 Å². The number of rotatable bonds is 1. The molecule has 0 aromatic carbocycles. The monoisotopic (exact) mass is 152 g/mol. The van der Waals surface area contributed by atoms with Gasteiger partial charge in [-0.1, -0.05) is 0 Å². The molecule has 0 fully saturated rings. The van der Waals surface area contributed by atoms with E-state index in [1.165, 1.54) is 20.3 Å². The second-order valence-corrected chi connectivity index (χ2v) is 1.04. The summed E-state index contributed by atoms with van der Waals surface area (Å²) in [5.74, 6) is 0. The van der Waals surface area contributed by atoms with Crippen LogP contribution in [0.15, 0.2) is 0 Å². The Morgan fingerprint density at radius 1 is 1.60 bits per heavy atom. The lowest BCUT2D eigenvalue weighted by atomic mass is 10.8. The predicted octanol–water partition coefficient (Wildman–Crippen LogP) is -0.192. The fourth-order valence-corrected chi connectivity index (χ4v) is 0. The normalized spacial score (nSPS) is 9.00. The molecule has 0 heterocycles. The Kier molecular flexibility index (Phi) is 38.4. The van der Waals surface area contributed by atoms with E-state index in [1.54, 1.807) is 6.92 Å². The van der Waals surface area contributed by atoms with Crippen LogP contribution in [0, 0.1) is 0 Å². The molecular formula is C6H16O4+2. The molecule has 0 bridgehead atoms. The molecule has 2 N–H and O–H groups in total. The number of ether oxygens (including phenoxy) is 1. The lowest BCUT2D eigenvalue weighted by Gasteiger charge is -1.94. The zero-order chi connectivity index (χ0) is 8.99. The van der Waals surface area contributed by atoms with Crippen LogP contribution in [0.3, 0.4) is 0 Å². The number of hydrogen-bond donors (Lipinski definition) is 2. The minimum atomic E-state index is -0.616. The smallest absolute Gasteiger partial charge is 0.400 e. The first-order chi connectivity index (χ1) is 4.68. The van der Waals surface area contributed by atoms with Gasteiger partial charge in [-0.2, -0.15) is 0 Å². The molecule has 0 amide bonds. The van der Waals surface area contributed by atoms with Crippen molar-refractivity contribution in [2.24, 2.45) is 0 Å². The zero-order valence-electron chi connectivity index (χ0n) is 7.79. The van der Waals surface area contributed by atoms with Gasteiger partial charge in [0.1, 0.15) is 0 Å². The molecule has 10 heavy (non-hydrogen) atoms. The SMILES string of the molecule is CO.COC(C)O.C[C+]=O.[H+]. The topological polar surface area (TPSA) is 66.8 Å². The molecule has 0 spiro atoms. The van der Waals surface area contributed by atoms with Crippen molar-refractivity contribution in [2.75, 3.05) is 14.2 Å². The summed E-state index contributed by atoms with van der Waals surface area (Å²) in [6.07, 6.45) is 0.884. The number of methoxy groups -OCH3 is 1. The van der Waals surface area contributed by atoms with E-state index in [0.717, 1.165) is 7.11 Å². The van der Waals surface area contributed by atoms with Crippen molar-refractivity contribution in [3.8, 4) is 0 Å². The van der Waals surface area contributed by atoms with E-state index in [-0.39, 0.29) is 1.43 Å². The Morgan fingerprint density at radius 3 is 1.70 bits per heavy atom. The maximum atomic E-state index is 8.68. The van der Waals surface area contributed by atoms with Gasteiger partial charge in [0, 0.05) is 19.0 Å². The minimum absolute atomic E-state index is 0. The third-order valence-electron chi connectivity index (χ3n) is 0.341. The van der Waals surface area contributed by atoms with E-state index in [1.807, 2.05) is 0 Å². The molecule has 0 rings (SSSR count). The number of aliphatic hydroxyl groups is 2. The highest BCUT2D eigenvalue weighted by molar-refractivity contribution is 5.45. The van der Waals surface area contributed by atoms with Crippen LogP contribution in [0.4, 0.5) is 0 Å². The lowest BCUT2D eigenvalue weighted by molar-refractivity contribution is -0.0583. The van der Waals surface area contributed by atoms with Crippen molar-refractivity contribution in [1.29, 1.82) is 0 Å². The third kappa shape index (κ3) is 146. The molecule has 0 aliphatic rings. The first-order valence-electron chi connectivity index (χ1n) is 2.63. The Labute approximate surface area is 62.9 Å². The highest BCUT2D eigenvalue weighted by Gasteiger charge is 1.80. The summed E-state index contributed by atoms with van der Waals surface area (Å²) >= 11 is 0. The fourth-order valence-electron chi connectivity index (χ4n) is 0. The fraction of sp³-hybridized carbons (Fsp3) is 0.833. The molecule has 1 unspecified atom stereocenters. The standard InChI is InChI=1S/C3H8O2.C2H3O.CH4O/c1-3(4)5-2;1-2-3;1-2/h3-4H,1-2H3;1H3;2H,1H3/q;+1;/p+1. The number of hydrogen-bond acceptors (Lipinski definition) is 4. The maximum absolute atomic E-state index is 8.68. The van der Waals surface area contributed by atoms with Gasteiger partial charge in [-0.3, -0.25) is 0 Å². The van der Waals surface area contributed by atoms with Gasteiger partial charge in [-0.25, -0.2) is 0 Å². The molecule has 4 nitrogen and oxygen atoms in total. The summed E-state index contributed by atoms with van der Waals surface area (Å²) in [5.41, 5.74) is 0. The zero-order valence-corrected chi connectivity index (χ0v) is 6.79. The minimum Gasteiger partial charge on any atom is -0.400 e. The molecule has 62 valence electrons. The van der Waals surface area contributed by atoms with Crippen LogP contribution in [0.5, 0.6) is 0 Å². The van der Waals surface area contributed by atoms with Gasteiger partial charge >= 0.3 is 7.71 Å². The molecule has 0 aliphatic carbocycles. The van der Waals surface area contributed by atoms with Crippen molar-refractivity contribution < 1.29 is 21.2 Å². The van der Waals surface area contributed by atoms with Gasteiger partial charge in [-0.15, -0.1) is 0 Å². The molecule has 1 atom stereocenters. The molecule has 0 aliphatic heterocycles. The van der Waals surface area contributed by atoms with Crippen LogP contribution in [0.2, 0.25) is 0 Å². The first kappa shape index (κ1) is 16.2. The van der Waals surface area contributed by atoms with Gasteiger partial charge in [-0.05, 0) is 6.92 Å². The van der Waals surface area contributed by atoms with Crippen molar-refractivity contribution in [3.63, 3.8) is 0 Å². The summed E-state index contributed by atoms with van der Waals surface area (Å²) < 4.78 is 4.31. The Bertz CT molecular complexity index is 49.8. The van der Waals surface area contributed by atoms with Gasteiger partial charge in [0.2, 0.25) is 6.92 Å². The van der Waals surface area contributed by atoms with Crippen LogP contribution in [0.1, 0.15) is 15.3 Å². The van der Waals surface area contributed by atoms with Crippen LogP contribution in [-0.4, -0.2) is 37.0 Å². The summed E-state index contributed by atoms with van der Waals surface area (Å²) in [6.45, 7) is 2.88.